The molecule has 0 atom stereocenters. The molecule has 0 saturated carbocycles. The average Bonchev–Trinajstić information content (AvgIpc) is 2.56. The van der Waals surface area contributed by atoms with Crippen LogP contribution in [0.5, 0.6) is 0 Å². The number of hydrogen-bond acceptors (Lipinski definition) is 3. The second kappa shape index (κ2) is 4.77. The van der Waals surface area contributed by atoms with Crippen LogP contribution in [0.15, 0.2) is 12.4 Å². The predicted octanol–water partition coefficient (Wildman–Crippen LogP) is 0.455. The van der Waals surface area contributed by atoms with Crippen LogP contribution in [-0.2, 0) is 0 Å². The third-order valence-corrected chi connectivity index (χ3v) is 1.77. The van der Waals surface area contributed by atoms with Gasteiger partial charge in [-0.2, -0.15) is 0 Å². The van der Waals surface area contributed by atoms with Crippen molar-refractivity contribution in [3.05, 3.63) is 12.4 Å². The molecule has 1 aromatic rings. The molecule has 1 aromatic heterocycles. The van der Waals surface area contributed by atoms with Gasteiger partial charge in [0.15, 0.2) is 0 Å². The summed E-state index contributed by atoms with van der Waals surface area (Å²) in [4.78, 5) is 9.31. The molecule has 0 aromatic carbocycles. The van der Waals surface area contributed by atoms with Crippen LogP contribution < -0.4 is 10.2 Å². The van der Waals surface area contributed by atoms with Crippen LogP contribution in [0.4, 0.5) is 5.95 Å². The van der Waals surface area contributed by atoms with E-state index in [4.69, 9.17) is 0 Å². The minimum atomic E-state index is 0.936. The van der Waals surface area contributed by atoms with Crippen molar-refractivity contribution in [2.45, 2.75) is 6.42 Å². The molecule has 12 heavy (non-hydrogen) atoms. The number of hydrogen-bond donors (Lipinski definition) is 2. The van der Waals surface area contributed by atoms with E-state index in [2.05, 4.69) is 20.2 Å². The lowest BCUT2D eigenvalue weighted by Gasteiger charge is -2.14. The van der Waals surface area contributed by atoms with Crippen molar-refractivity contribution in [2.75, 3.05) is 32.1 Å². The van der Waals surface area contributed by atoms with E-state index in [0.717, 1.165) is 25.5 Å². The summed E-state index contributed by atoms with van der Waals surface area (Å²) in [6.07, 6.45) is 4.74. The molecule has 0 aliphatic rings. The van der Waals surface area contributed by atoms with Gasteiger partial charge in [0, 0.05) is 26.0 Å². The predicted molar refractivity (Wildman–Crippen MR) is 50.4 cm³/mol. The first-order valence-electron chi connectivity index (χ1n) is 4.19. The van der Waals surface area contributed by atoms with E-state index < -0.39 is 0 Å². The summed E-state index contributed by atoms with van der Waals surface area (Å²) in [7, 11) is 4.00. The first-order chi connectivity index (χ1) is 5.84. The van der Waals surface area contributed by atoms with Crippen LogP contribution in [0.3, 0.4) is 0 Å². The van der Waals surface area contributed by atoms with Gasteiger partial charge >= 0.3 is 0 Å². The molecule has 2 N–H and O–H groups in total. The topological polar surface area (TPSA) is 44.0 Å². The van der Waals surface area contributed by atoms with Crippen LogP contribution in [0, 0.1) is 0 Å². The number of nitrogens with zero attached hydrogens (tertiary/aromatic N) is 2. The molecule has 4 heteroatoms. The highest BCUT2D eigenvalue weighted by Gasteiger charge is 2.00. The number of rotatable bonds is 5. The van der Waals surface area contributed by atoms with Crippen LogP contribution >= 0.6 is 0 Å². The summed E-state index contributed by atoms with van der Waals surface area (Å²) < 4.78 is 0. The van der Waals surface area contributed by atoms with Crippen LogP contribution in [0.2, 0.25) is 0 Å². The number of anilines is 1. The van der Waals surface area contributed by atoms with E-state index in [0.29, 0.717) is 0 Å². The summed E-state index contributed by atoms with van der Waals surface area (Å²) in [5, 5.41) is 3.11. The van der Waals surface area contributed by atoms with Crippen LogP contribution in [-0.4, -0.2) is 37.2 Å². The van der Waals surface area contributed by atoms with Gasteiger partial charge in [-0.15, -0.1) is 0 Å². The Morgan fingerprint density at radius 3 is 3.08 bits per heavy atom. The first kappa shape index (κ1) is 9.06. The fourth-order valence-electron chi connectivity index (χ4n) is 1.06. The molecule has 0 amide bonds. The Balaban J connectivity index is 2.25. The largest absolute Gasteiger partial charge is 0.345 e. The summed E-state index contributed by atoms with van der Waals surface area (Å²) in [5.41, 5.74) is 0. The SMILES string of the molecule is CNCCCN(C)c1ncc[nH]1. The lowest BCUT2D eigenvalue weighted by atomic mass is 10.4. The average molecular weight is 168 g/mol. The maximum Gasteiger partial charge on any atom is 0.202 e. The van der Waals surface area contributed by atoms with Gasteiger partial charge in [-0.25, -0.2) is 4.98 Å². The van der Waals surface area contributed by atoms with Gasteiger partial charge in [0.2, 0.25) is 5.95 Å². The zero-order chi connectivity index (χ0) is 8.81. The van der Waals surface area contributed by atoms with Gasteiger partial charge < -0.3 is 15.2 Å². The number of H-pyrrole nitrogens is 1. The Morgan fingerprint density at radius 1 is 1.67 bits per heavy atom. The highest BCUT2D eigenvalue weighted by molar-refractivity contribution is 5.26. The second-order valence-electron chi connectivity index (χ2n) is 2.79. The molecular formula is C8H16N4. The normalized spacial score (nSPS) is 10.2. The maximum atomic E-state index is 4.14. The van der Waals surface area contributed by atoms with E-state index in [1.807, 2.05) is 20.3 Å². The van der Waals surface area contributed by atoms with Crippen molar-refractivity contribution in [1.29, 1.82) is 0 Å². The molecule has 4 nitrogen and oxygen atoms in total. The Bertz CT molecular complexity index is 195. The highest BCUT2D eigenvalue weighted by Crippen LogP contribution is 2.02. The molecule has 0 unspecified atom stereocenters. The molecule has 0 radical (unpaired) electrons. The van der Waals surface area contributed by atoms with Crippen molar-refractivity contribution in [3.63, 3.8) is 0 Å². The molecule has 0 saturated heterocycles. The van der Waals surface area contributed by atoms with Gasteiger partial charge in [-0.1, -0.05) is 0 Å². The Labute approximate surface area is 73.0 Å². The summed E-state index contributed by atoms with van der Waals surface area (Å²) >= 11 is 0. The monoisotopic (exact) mass is 168 g/mol. The molecule has 0 spiro atoms. The number of aromatic nitrogens is 2. The zero-order valence-electron chi connectivity index (χ0n) is 7.67. The molecule has 0 fully saturated rings. The van der Waals surface area contributed by atoms with Crippen molar-refractivity contribution >= 4 is 5.95 Å². The fraction of sp³-hybridized carbons (Fsp3) is 0.625. The molecule has 1 rings (SSSR count). The second-order valence-corrected chi connectivity index (χ2v) is 2.79. The van der Waals surface area contributed by atoms with Crippen LogP contribution in [0.1, 0.15) is 6.42 Å². The highest BCUT2D eigenvalue weighted by atomic mass is 15.2. The van der Waals surface area contributed by atoms with Gasteiger partial charge in [-0.05, 0) is 20.0 Å². The third-order valence-electron chi connectivity index (χ3n) is 1.77. The van der Waals surface area contributed by atoms with Crippen LogP contribution in [0.25, 0.3) is 0 Å². The van der Waals surface area contributed by atoms with Gasteiger partial charge in [0.25, 0.3) is 0 Å². The number of imidazole rings is 1. The van der Waals surface area contributed by atoms with Crippen molar-refractivity contribution < 1.29 is 0 Å². The molecule has 0 aliphatic heterocycles. The van der Waals surface area contributed by atoms with Gasteiger partial charge in [0.05, 0.1) is 0 Å². The molecule has 0 aliphatic carbocycles. The van der Waals surface area contributed by atoms with E-state index in [1.54, 1.807) is 6.20 Å². The quantitative estimate of drug-likeness (QED) is 0.628. The lowest BCUT2D eigenvalue weighted by molar-refractivity contribution is 0.706. The third kappa shape index (κ3) is 2.54. The smallest absolute Gasteiger partial charge is 0.202 e. The summed E-state index contributed by atoms with van der Waals surface area (Å²) in [6, 6.07) is 0. The molecule has 68 valence electrons. The lowest BCUT2D eigenvalue weighted by Crippen LogP contribution is -2.23. The standard InChI is InChI=1S/C8H16N4/c1-9-4-3-7-12(2)8-10-5-6-11-8/h5-6,9H,3-4,7H2,1-2H3,(H,10,11). The number of nitrogens with one attached hydrogen (secondary N) is 2. The van der Waals surface area contributed by atoms with E-state index in [9.17, 15) is 0 Å². The van der Waals surface area contributed by atoms with E-state index in [1.165, 1.54) is 0 Å². The van der Waals surface area contributed by atoms with E-state index in [-0.39, 0.29) is 0 Å². The minimum absolute atomic E-state index is 0.936. The minimum Gasteiger partial charge on any atom is -0.345 e. The van der Waals surface area contributed by atoms with Crippen molar-refractivity contribution in [2.24, 2.45) is 0 Å². The van der Waals surface area contributed by atoms with Gasteiger partial charge in [0.1, 0.15) is 0 Å². The fourth-order valence-corrected chi connectivity index (χ4v) is 1.06. The maximum absolute atomic E-state index is 4.14. The Hall–Kier alpha value is -1.03. The molecular weight excluding hydrogens is 152 g/mol. The number of aromatic amines is 1. The summed E-state index contributed by atoms with van der Waals surface area (Å²) in [6.45, 7) is 2.07. The molecule has 1 heterocycles. The Morgan fingerprint density at radius 2 is 2.50 bits per heavy atom. The zero-order valence-corrected chi connectivity index (χ0v) is 7.67. The first-order valence-corrected chi connectivity index (χ1v) is 4.19. The van der Waals surface area contributed by atoms with Crippen molar-refractivity contribution in [1.82, 2.24) is 15.3 Å². The van der Waals surface area contributed by atoms with Crippen molar-refractivity contribution in [3.8, 4) is 0 Å². The summed E-state index contributed by atoms with van der Waals surface area (Å²) in [5.74, 6) is 0.936. The van der Waals surface area contributed by atoms with E-state index >= 15 is 0 Å². The van der Waals surface area contributed by atoms with Gasteiger partial charge in [-0.3, -0.25) is 0 Å². The molecule has 0 bridgehead atoms. The Kier molecular flexibility index (Phi) is 3.60.